The molecule has 0 aromatic carbocycles. The SMILES string of the molecule is COCCNCCCCN1CCN(C(C)(C)C)CC1. The Bertz CT molecular complexity index is 220. The predicted octanol–water partition coefficient (Wildman–Crippen LogP) is 1.42. The maximum Gasteiger partial charge on any atom is 0.0587 e. The molecule has 0 amide bonds. The van der Waals surface area contributed by atoms with Gasteiger partial charge in [0.2, 0.25) is 0 Å². The normalized spacial score (nSPS) is 18.9. The molecule has 1 fully saturated rings. The molecule has 1 aliphatic heterocycles. The molecule has 0 spiro atoms. The maximum absolute atomic E-state index is 5.01. The number of nitrogens with zero attached hydrogens (tertiary/aromatic N) is 2. The summed E-state index contributed by atoms with van der Waals surface area (Å²) < 4.78 is 5.01. The van der Waals surface area contributed by atoms with E-state index in [1.807, 2.05) is 0 Å². The lowest BCUT2D eigenvalue weighted by molar-refractivity contribution is 0.0617. The van der Waals surface area contributed by atoms with Crippen LogP contribution < -0.4 is 5.32 Å². The highest BCUT2D eigenvalue weighted by atomic mass is 16.5. The van der Waals surface area contributed by atoms with Crippen molar-refractivity contribution in [2.45, 2.75) is 39.2 Å². The van der Waals surface area contributed by atoms with Crippen molar-refractivity contribution in [1.29, 1.82) is 0 Å². The molecule has 1 heterocycles. The van der Waals surface area contributed by atoms with Gasteiger partial charge in [-0.05, 0) is 46.7 Å². The number of methoxy groups -OCH3 is 1. The Morgan fingerprint density at radius 1 is 1.00 bits per heavy atom. The van der Waals surface area contributed by atoms with E-state index < -0.39 is 0 Å². The fourth-order valence-corrected chi connectivity index (χ4v) is 2.53. The van der Waals surface area contributed by atoms with E-state index in [0.29, 0.717) is 5.54 Å². The van der Waals surface area contributed by atoms with E-state index in [2.05, 4.69) is 35.9 Å². The van der Waals surface area contributed by atoms with Crippen molar-refractivity contribution in [1.82, 2.24) is 15.1 Å². The Balaban J connectivity index is 1.98. The molecule has 0 radical (unpaired) electrons. The van der Waals surface area contributed by atoms with Gasteiger partial charge in [0.25, 0.3) is 0 Å². The summed E-state index contributed by atoms with van der Waals surface area (Å²) in [4.78, 5) is 5.20. The van der Waals surface area contributed by atoms with Crippen LogP contribution in [0.1, 0.15) is 33.6 Å². The summed E-state index contributed by atoms with van der Waals surface area (Å²) in [5.41, 5.74) is 0.331. The van der Waals surface area contributed by atoms with Crippen molar-refractivity contribution in [3.05, 3.63) is 0 Å². The van der Waals surface area contributed by atoms with E-state index in [9.17, 15) is 0 Å². The van der Waals surface area contributed by atoms with E-state index in [-0.39, 0.29) is 0 Å². The summed E-state index contributed by atoms with van der Waals surface area (Å²) >= 11 is 0. The summed E-state index contributed by atoms with van der Waals surface area (Å²) in [7, 11) is 1.75. The lowest BCUT2D eigenvalue weighted by Gasteiger charge is -2.42. The standard InChI is InChI=1S/C15H33N3O/c1-15(2,3)18-12-10-17(11-13-18)9-6-5-7-16-8-14-19-4/h16H,5-14H2,1-4H3. The van der Waals surface area contributed by atoms with Crippen LogP contribution in [0.25, 0.3) is 0 Å². The minimum absolute atomic E-state index is 0.331. The summed E-state index contributed by atoms with van der Waals surface area (Å²) in [6.07, 6.45) is 2.57. The van der Waals surface area contributed by atoms with Gasteiger partial charge in [0.05, 0.1) is 6.61 Å². The maximum atomic E-state index is 5.01. The molecule has 0 atom stereocenters. The van der Waals surface area contributed by atoms with Crippen LogP contribution in [0.3, 0.4) is 0 Å². The molecule has 0 bridgehead atoms. The van der Waals surface area contributed by atoms with E-state index >= 15 is 0 Å². The highest BCUT2D eigenvalue weighted by molar-refractivity contribution is 4.81. The smallest absolute Gasteiger partial charge is 0.0587 e. The van der Waals surface area contributed by atoms with Crippen molar-refractivity contribution < 1.29 is 4.74 Å². The first kappa shape index (κ1) is 16.9. The molecule has 1 N–H and O–H groups in total. The van der Waals surface area contributed by atoms with Gasteiger partial charge in [0, 0.05) is 45.4 Å². The molecule has 1 rings (SSSR count). The van der Waals surface area contributed by atoms with E-state index in [4.69, 9.17) is 4.74 Å². The van der Waals surface area contributed by atoms with Crippen LogP contribution in [0.4, 0.5) is 0 Å². The van der Waals surface area contributed by atoms with Crippen LogP contribution in [0.15, 0.2) is 0 Å². The average molecular weight is 271 g/mol. The van der Waals surface area contributed by atoms with Crippen LogP contribution in [0.5, 0.6) is 0 Å². The quantitative estimate of drug-likeness (QED) is 0.676. The summed E-state index contributed by atoms with van der Waals surface area (Å²) in [6.45, 7) is 16.0. The first-order valence-corrected chi connectivity index (χ1v) is 7.71. The second-order valence-electron chi connectivity index (χ2n) is 6.45. The Labute approximate surface area is 119 Å². The minimum Gasteiger partial charge on any atom is -0.383 e. The number of ether oxygens (including phenoxy) is 1. The second kappa shape index (κ2) is 8.90. The van der Waals surface area contributed by atoms with Gasteiger partial charge >= 0.3 is 0 Å². The average Bonchev–Trinajstić information content (AvgIpc) is 2.37. The number of hydrogen-bond donors (Lipinski definition) is 1. The van der Waals surface area contributed by atoms with Gasteiger partial charge in [0.15, 0.2) is 0 Å². The lowest BCUT2D eigenvalue weighted by atomic mass is 10.0. The minimum atomic E-state index is 0.331. The van der Waals surface area contributed by atoms with E-state index in [1.165, 1.54) is 45.6 Å². The topological polar surface area (TPSA) is 27.7 Å². The fraction of sp³-hybridized carbons (Fsp3) is 1.00. The van der Waals surface area contributed by atoms with Gasteiger partial charge in [0.1, 0.15) is 0 Å². The molecule has 114 valence electrons. The van der Waals surface area contributed by atoms with Crippen molar-refractivity contribution in [2.24, 2.45) is 0 Å². The predicted molar refractivity (Wildman–Crippen MR) is 81.7 cm³/mol. The first-order valence-electron chi connectivity index (χ1n) is 7.71. The third-order valence-corrected chi connectivity index (χ3v) is 3.88. The molecular formula is C15H33N3O. The molecule has 0 aromatic heterocycles. The van der Waals surface area contributed by atoms with Crippen molar-refractivity contribution >= 4 is 0 Å². The van der Waals surface area contributed by atoms with Crippen LogP contribution in [-0.4, -0.2) is 74.9 Å². The zero-order valence-electron chi connectivity index (χ0n) is 13.4. The number of unbranched alkanes of at least 4 members (excludes halogenated alkanes) is 1. The number of nitrogens with one attached hydrogen (secondary N) is 1. The molecule has 0 unspecified atom stereocenters. The van der Waals surface area contributed by atoms with Crippen LogP contribution in [0, 0.1) is 0 Å². The molecule has 0 aromatic rings. The highest BCUT2D eigenvalue weighted by Crippen LogP contribution is 2.15. The molecular weight excluding hydrogens is 238 g/mol. The second-order valence-corrected chi connectivity index (χ2v) is 6.45. The fourth-order valence-electron chi connectivity index (χ4n) is 2.53. The zero-order valence-corrected chi connectivity index (χ0v) is 13.4. The molecule has 0 saturated carbocycles. The lowest BCUT2D eigenvalue weighted by Crippen LogP contribution is -2.53. The molecule has 19 heavy (non-hydrogen) atoms. The number of piperazine rings is 1. The Kier molecular flexibility index (Phi) is 7.91. The monoisotopic (exact) mass is 271 g/mol. The van der Waals surface area contributed by atoms with Gasteiger partial charge < -0.3 is 15.0 Å². The van der Waals surface area contributed by atoms with Gasteiger partial charge in [-0.1, -0.05) is 0 Å². The highest BCUT2D eigenvalue weighted by Gasteiger charge is 2.25. The van der Waals surface area contributed by atoms with Gasteiger partial charge in [-0.3, -0.25) is 4.90 Å². The number of rotatable bonds is 8. The zero-order chi connectivity index (χ0) is 14.1. The van der Waals surface area contributed by atoms with E-state index in [0.717, 1.165) is 19.7 Å². The van der Waals surface area contributed by atoms with Crippen molar-refractivity contribution in [3.63, 3.8) is 0 Å². The van der Waals surface area contributed by atoms with Crippen LogP contribution in [-0.2, 0) is 4.74 Å². The Morgan fingerprint density at radius 2 is 1.68 bits per heavy atom. The largest absolute Gasteiger partial charge is 0.383 e. The van der Waals surface area contributed by atoms with Crippen LogP contribution in [0.2, 0.25) is 0 Å². The Hall–Kier alpha value is -0.160. The summed E-state index contributed by atoms with van der Waals surface area (Å²) in [5, 5.41) is 3.40. The number of hydrogen-bond acceptors (Lipinski definition) is 4. The van der Waals surface area contributed by atoms with Crippen LogP contribution >= 0.6 is 0 Å². The third-order valence-electron chi connectivity index (χ3n) is 3.88. The molecule has 0 aliphatic carbocycles. The molecule has 1 aliphatic rings. The first-order chi connectivity index (χ1) is 9.04. The molecule has 4 nitrogen and oxygen atoms in total. The van der Waals surface area contributed by atoms with Crippen molar-refractivity contribution in [3.8, 4) is 0 Å². The third kappa shape index (κ3) is 7.25. The van der Waals surface area contributed by atoms with Gasteiger partial charge in [-0.15, -0.1) is 0 Å². The molecule has 4 heteroatoms. The van der Waals surface area contributed by atoms with Gasteiger partial charge in [-0.2, -0.15) is 0 Å². The summed E-state index contributed by atoms with van der Waals surface area (Å²) in [6, 6.07) is 0. The Morgan fingerprint density at radius 3 is 2.26 bits per heavy atom. The van der Waals surface area contributed by atoms with Gasteiger partial charge in [-0.25, -0.2) is 0 Å². The summed E-state index contributed by atoms with van der Waals surface area (Å²) in [5.74, 6) is 0. The molecule has 1 saturated heterocycles. The van der Waals surface area contributed by atoms with Crippen molar-refractivity contribution in [2.75, 3.05) is 59.5 Å². The van der Waals surface area contributed by atoms with E-state index in [1.54, 1.807) is 7.11 Å².